The van der Waals surface area contributed by atoms with E-state index in [2.05, 4.69) is 0 Å². The molecule has 0 saturated heterocycles. The van der Waals surface area contributed by atoms with Crippen molar-refractivity contribution in [3.63, 3.8) is 0 Å². The van der Waals surface area contributed by atoms with Gasteiger partial charge in [-0.15, -0.1) is 0 Å². The molecule has 0 fully saturated rings. The molecular formula is C11H14Cl2N2O9. The van der Waals surface area contributed by atoms with Crippen molar-refractivity contribution in [3.8, 4) is 0 Å². The number of rotatable bonds is 12. The lowest BCUT2D eigenvalue weighted by Crippen LogP contribution is -2.52. The number of hydrogen-bond acceptors (Lipinski definition) is 7. The highest BCUT2D eigenvalue weighted by molar-refractivity contribution is 6.39. The highest BCUT2D eigenvalue weighted by atomic mass is 35.5. The predicted molar refractivity (Wildman–Crippen MR) is 77.9 cm³/mol. The van der Waals surface area contributed by atoms with Crippen LogP contribution in [0, 0.1) is 0 Å². The molecule has 136 valence electrons. The number of carbonyl (C=O) groups is 5. The minimum absolute atomic E-state index is 0.872. The van der Waals surface area contributed by atoms with Gasteiger partial charge in [0.15, 0.2) is 5.78 Å². The Labute approximate surface area is 144 Å². The van der Waals surface area contributed by atoms with Gasteiger partial charge in [0.25, 0.3) is 0 Å². The number of Topliss-reactive ketones (excluding diaryl/α,β-unsaturated/α-hetero) is 1. The minimum atomic E-state index is -1.75. The van der Waals surface area contributed by atoms with Gasteiger partial charge in [0.05, 0.1) is 12.8 Å². The first-order valence-electron chi connectivity index (χ1n) is 6.18. The van der Waals surface area contributed by atoms with E-state index in [4.69, 9.17) is 43.6 Å². The number of nitrogens with one attached hydrogen (secondary N) is 2. The normalized spacial score (nSPS) is 15.8. The van der Waals surface area contributed by atoms with E-state index in [0.29, 0.717) is 0 Å². The number of halogens is 2. The van der Waals surface area contributed by atoms with Crippen LogP contribution in [0.2, 0.25) is 0 Å². The van der Waals surface area contributed by atoms with E-state index in [1.165, 1.54) is 0 Å². The molecule has 0 aromatic rings. The van der Waals surface area contributed by atoms with E-state index in [1.54, 1.807) is 0 Å². The zero-order valence-corrected chi connectivity index (χ0v) is 13.3. The van der Waals surface area contributed by atoms with Gasteiger partial charge in [0.2, 0.25) is 0 Å². The van der Waals surface area contributed by atoms with Crippen molar-refractivity contribution in [2.24, 2.45) is 0 Å². The van der Waals surface area contributed by atoms with Crippen LogP contribution in [0.1, 0.15) is 12.8 Å². The maximum atomic E-state index is 11.9. The van der Waals surface area contributed by atoms with Crippen molar-refractivity contribution >= 4 is 52.9 Å². The third-order valence-electron chi connectivity index (χ3n) is 2.55. The summed E-state index contributed by atoms with van der Waals surface area (Å²) in [6, 6.07) is -3.38. The van der Waals surface area contributed by atoms with Crippen molar-refractivity contribution in [3.05, 3.63) is 0 Å². The molecule has 0 amide bonds. The maximum absolute atomic E-state index is 11.9. The first-order valence-corrected chi connectivity index (χ1v) is 7.06. The standard InChI is InChI=1S/C11H14Cl2N2O9/c12-8(14-3(10(21)22)1-5(16)17)7(20)9(13)15-4(11(23)24)2-6(18)19/h3-4,8-9,14-15H,1-2H2,(H,16,17)(H,18,19)(H,21,22)(H,23,24)/t3-,4-,8?,9?/m0/s1. The molecule has 0 aliphatic heterocycles. The third kappa shape index (κ3) is 8.06. The largest absolute Gasteiger partial charge is 0.481 e. The number of carboxylic acid groups (broad SMARTS) is 4. The Morgan fingerprint density at radius 2 is 1.00 bits per heavy atom. The molecule has 2 unspecified atom stereocenters. The summed E-state index contributed by atoms with van der Waals surface area (Å²) >= 11 is 11.2. The molecule has 11 nitrogen and oxygen atoms in total. The molecule has 0 heterocycles. The van der Waals surface area contributed by atoms with Crippen molar-refractivity contribution in [1.29, 1.82) is 0 Å². The molecule has 0 radical (unpaired) electrons. The zero-order valence-electron chi connectivity index (χ0n) is 11.8. The molecule has 0 aromatic heterocycles. The number of aliphatic carboxylic acids is 4. The molecule has 6 N–H and O–H groups in total. The van der Waals surface area contributed by atoms with Gasteiger partial charge in [0, 0.05) is 0 Å². The molecule has 13 heteroatoms. The Hall–Kier alpha value is -1.95. The summed E-state index contributed by atoms with van der Waals surface area (Å²) in [5.74, 6) is -7.18. The fourth-order valence-corrected chi connectivity index (χ4v) is 2.05. The minimum Gasteiger partial charge on any atom is -0.481 e. The summed E-state index contributed by atoms with van der Waals surface area (Å²) in [6.07, 6.45) is -1.74. The summed E-state index contributed by atoms with van der Waals surface area (Å²) in [6.45, 7) is 0. The summed E-state index contributed by atoms with van der Waals surface area (Å²) in [5.41, 5.74) is -3.50. The number of alkyl halides is 2. The SMILES string of the molecule is O=C(O)C[C@H](NC(Cl)C(=O)C(Cl)N[C@@H](CC(=O)O)C(=O)O)C(=O)O. The summed E-state index contributed by atoms with van der Waals surface area (Å²) in [7, 11) is 0. The van der Waals surface area contributed by atoms with Gasteiger partial charge in [-0.25, -0.2) is 0 Å². The molecule has 0 spiro atoms. The Balaban J connectivity index is 4.85. The molecule has 0 aliphatic rings. The highest BCUT2D eigenvalue weighted by Crippen LogP contribution is 2.08. The lowest BCUT2D eigenvalue weighted by atomic mass is 10.2. The number of ketones is 1. The zero-order chi connectivity index (χ0) is 19.0. The molecule has 4 atom stereocenters. The molecule has 0 aromatic carbocycles. The van der Waals surface area contributed by atoms with Gasteiger partial charge in [0.1, 0.15) is 23.1 Å². The molecular weight excluding hydrogens is 375 g/mol. The van der Waals surface area contributed by atoms with Crippen LogP contribution >= 0.6 is 23.2 Å². The molecule has 0 aliphatic carbocycles. The number of hydrogen-bond donors (Lipinski definition) is 6. The first kappa shape index (κ1) is 22.1. The van der Waals surface area contributed by atoms with E-state index in [1.807, 2.05) is 10.6 Å². The van der Waals surface area contributed by atoms with E-state index < -0.39 is 65.6 Å². The Kier molecular flexibility index (Phi) is 9.21. The van der Waals surface area contributed by atoms with E-state index in [9.17, 15) is 24.0 Å². The van der Waals surface area contributed by atoms with E-state index in [-0.39, 0.29) is 0 Å². The average Bonchev–Trinajstić information content (AvgIpc) is 2.43. The number of carboxylic acids is 4. The lowest BCUT2D eigenvalue weighted by Gasteiger charge is -2.21. The summed E-state index contributed by atoms with van der Waals surface area (Å²) in [5, 5.41) is 38.8. The van der Waals surface area contributed by atoms with Crippen LogP contribution in [-0.4, -0.2) is 73.2 Å². The highest BCUT2D eigenvalue weighted by Gasteiger charge is 2.32. The van der Waals surface area contributed by atoms with Gasteiger partial charge in [-0.3, -0.25) is 34.6 Å². The smallest absolute Gasteiger partial charge is 0.321 e. The lowest BCUT2D eigenvalue weighted by molar-refractivity contribution is -0.146. The van der Waals surface area contributed by atoms with E-state index >= 15 is 0 Å². The predicted octanol–water partition coefficient (Wildman–Crippen LogP) is -1.28. The van der Waals surface area contributed by atoms with Crippen LogP contribution < -0.4 is 10.6 Å². The molecule has 0 rings (SSSR count). The maximum Gasteiger partial charge on any atom is 0.321 e. The Bertz CT molecular complexity index is 484. The average molecular weight is 389 g/mol. The molecule has 0 bridgehead atoms. The van der Waals surface area contributed by atoms with Gasteiger partial charge < -0.3 is 20.4 Å². The van der Waals surface area contributed by atoms with Gasteiger partial charge in [-0.1, -0.05) is 23.2 Å². The van der Waals surface area contributed by atoms with Crippen LogP contribution in [0.3, 0.4) is 0 Å². The molecule has 0 saturated carbocycles. The van der Waals surface area contributed by atoms with Crippen molar-refractivity contribution in [2.75, 3.05) is 0 Å². The van der Waals surface area contributed by atoms with Gasteiger partial charge in [-0.2, -0.15) is 0 Å². The second-order valence-electron chi connectivity index (χ2n) is 4.44. The third-order valence-corrected chi connectivity index (χ3v) is 3.23. The fraction of sp³-hybridized carbons (Fsp3) is 0.545. The van der Waals surface area contributed by atoms with Gasteiger partial charge >= 0.3 is 23.9 Å². The summed E-state index contributed by atoms with van der Waals surface area (Å²) in [4.78, 5) is 54.7. The van der Waals surface area contributed by atoms with Crippen molar-refractivity contribution in [1.82, 2.24) is 10.6 Å². The quantitative estimate of drug-likeness (QED) is 0.172. The van der Waals surface area contributed by atoms with Crippen molar-refractivity contribution in [2.45, 2.75) is 35.9 Å². The first-order chi connectivity index (χ1) is 11.0. The fourth-order valence-electron chi connectivity index (χ4n) is 1.43. The molecule has 24 heavy (non-hydrogen) atoms. The second-order valence-corrected chi connectivity index (χ2v) is 5.31. The van der Waals surface area contributed by atoms with Gasteiger partial charge in [-0.05, 0) is 0 Å². The summed E-state index contributed by atoms with van der Waals surface area (Å²) < 4.78 is 0. The second kappa shape index (κ2) is 10.0. The van der Waals surface area contributed by atoms with Crippen LogP contribution in [0.5, 0.6) is 0 Å². The monoisotopic (exact) mass is 388 g/mol. The van der Waals surface area contributed by atoms with Crippen LogP contribution in [0.25, 0.3) is 0 Å². The number of carbonyl (C=O) groups excluding carboxylic acids is 1. The topological polar surface area (TPSA) is 190 Å². The van der Waals surface area contributed by atoms with Crippen LogP contribution in [-0.2, 0) is 24.0 Å². The van der Waals surface area contributed by atoms with E-state index in [0.717, 1.165) is 0 Å². The van der Waals surface area contributed by atoms with Crippen LogP contribution in [0.15, 0.2) is 0 Å². The Morgan fingerprint density at radius 3 is 1.21 bits per heavy atom. The Morgan fingerprint density at radius 1 is 0.708 bits per heavy atom. The van der Waals surface area contributed by atoms with Crippen molar-refractivity contribution < 1.29 is 44.4 Å². The van der Waals surface area contributed by atoms with Crippen LogP contribution in [0.4, 0.5) is 0 Å².